The average molecular weight is 370 g/mol. The predicted molar refractivity (Wildman–Crippen MR) is 107 cm³/mol. The highest BCUT2D eigenvalue weighted by atomic mass is 32.2. The van der Waals surface area contributed by atoms with Gasteiger partial charge in [0.05, 0.1) is 10.9 Å². The van der Waals surface area contributed by atoms with Crippen molar-refractivity contribution in [2.45, 2.75) is 24.9 Å². The van der Waals surface area contributed by atoms with Crippen LogP contribution < -0.4 is 5.32 Å². The van der Waals surface area contributed by atoms with Crippen LogP contribution in [-0.2, 0) is 10.5 Å². The Labute approximate surface area is 155 Å². The Morgan fingerprint density at radius 3 is 2.80 bits per heavy atom. The Hall–Kier alpha value is -2.05. The van der Waals surface area contributed by atoms with Gasteiger partial charge in [0.2, 0.25) is 5.91 Å². The molecule has 128 valence electrons. The maximum absolute atomic E-state index is 12.4. The third kappa shape index (κ3) is 4.52. The lowest BCUT2D eigenvalue weighted by atomic mass is 10.1. The lowest BCUT2D eigenvalue weighted by Gasteiger charge is -2.17. The van der Waals surface area contributed by atoms with Crippen LogP contribution in [-0.4, -0.2) is 21.3 Å². The zero-order chi connectivity index (χ0) is 17.8. The second-order valence-electron chi connectivity index (χ2n) is 5.68. The van der Waals surface area contributed by atoms with Gasteiger partial charge in [0, 0.05) is 17.0 Å². The minimum atomic E-state index is -0.280. The number of amides is 1. The van der Waals surface area contributed by atoms with Crippen molar-refractivity contribution in [3.05, 3.63) is 59.7 Å². The van der Waals surface area contributed by atoms with E-state index in [1.54, 1.807) is 36.0 Å². The number of aliphatic imine (C=N–C) groups is 1. The number of rotatable bonds is 4. The van der Waals surface area contributed by atoms with Crippen molar-refractivity contribution in [1.82, 2.24) is 0 Å². The van der Waals surface area contributed by atoms with Gasteiger partial charge in [0.25, 0.3) is 0 Å². The summed E-state index contributed by atoms with van der Waals surface area (Å²) >= 11 is 3.11. The second-order valence-corrected chi connectivity index (χ2v) is 8.23. The molecule has 1 heterocycles. The van der Waals surface area contributed by atoms with Crippen molar-refractivity contribution in [2.75, 3.05) is 5.32 Å². The molecule has 2 aromatic rings. The number of anilines is 1. The largest absolute Gasteiger partial charge is 0.325 e. The van der Waals surface area contributed by atoms with Crippen LogP contribution in [0, 0.1) is 0 Å². The van der Waals surface area contributed by atoms with E-state index in [0.29, 0.717) is 11.3 Å². The summed E-state index contributed by atoms with van der Waals surface area (Å²) in [6.45, 7) is 3.37. The number of ketones is 1. The van der Waals surface area contributed by atoms with Crippen LogP contribution in [0.25, 0.3) is 0 Å². The molecule has 0 aliphatic carbocycles. The molecule has 0 saturated carbocycles. The van der Waals surface area contributed by atoms with Gasteiger partial charge in [-0.3, -0.25) is 9.59 Å². The standard InChI is InChI=1S/C19H18N2O2S2/c1-12(22)14-7-5-8-16(10-14)20-18(23)13(2)25-19-21-17-9-4-3-6-15(17)11-24-19/h3-10,13H,11H2,1-2H3,(H,20,23)/t13-/m1/s1. The zero-order valence-corrected chi connectivity index (χ0v) is 15.6. The smallest absolute Gasteiger partial charge is 0.237 e. The van der Waals surface area contributed by atoms with Crippen molar-refractivity contribution >= 4 is 51.0 Å². The summed E-state index contributed by atoms with van der Waals surface area (Å²) < 4.78 is 0.902. The SMILES string of the molecule is CC(=O)c1cccc(NC(=O)[C@@H](C)SC2=Nc3ccccc3CS2)c1. The maximum Gasteiger partial charge on any atom is 0.237 e. The predicted octanol–water partition coefficient (Wildman–Crippen LogP) is 4.88. The van der Waals surface area contributed by atoms with Gasteiger partial charge in [0.1, 0.15) is 4.38 Å². The summed E-state index contributed by atoms with van der Waals surface area (Å²) in [7, 11) is 0. The molecule has 0 radical (unpaired) electrons. The summed E-state index contributed by atoms with van der Waals surface area (Å²) in [5.41, 5.74) is 3.41. The van der Waals surface area contributed by atoms with E-state index >= 15 is 0 Å². The van der Waals surface area contributed by atoms with Crippen LogP contribution in [0.15, 0.2) is 53.5 Å². The van der Waals surface area contributed by atoms with Gasteiger partial charge < -0.3 is 5.32 Å². The highest BCUT2D eigenvalue weighted by Gasteiger charge is 2.20. The Morgan fingerprint density at radius 1 is 1.20 bits per heavy atom. The minimum absolute atomic E-state index is 0.0230. The lowest BCUT2D eigenvalue weighted by molar-refractivity contribution is -0.115. The van der Waals surface area contributed by atoms with Crippen molar-refractivity contribution in [1.29, 1.82) is 0 Å². The lowest BCUT2D eigenvalue weighted by Crippen LogP contribution is -2.23. The Bertz CT molecular complexity index is 849. The third-order valence-electron chi connectivity index (χ3n) is 3.74. The van der Waals surface area contributed by atoms with E-state index < -0.39 is 0 Å². The second kappa shape index (κ2) is 7.89. The summed E-state index contributed by atoms with van der Waals surface area (Å²) in [4.78, 5) is 28.5. The van der Waals surface area contributed by atoms with E-state index in [9.17, 15) is 9.59 Å². The number of fused-ring (bicyclic) bond motifs is 1. The van der Waals surface area contributed by atoms with Crippen molar-refractivity contribution in [3.63, 3.8) is 0 Å². The fourth-order valence-corrected chi connectivity index (χ4v) is 4.52. The summed E-state index contributed by atoms with van der Waals surface area (Å²) in [5, 5.41) is 2.59. The van der Waals surface area contributed by atoms with E-state index in [1.807, 2.05) is 25.1 Å². The zero-order valence-electron chi connectivity index (χ0n) is 14.0. The minimum Gasteiger partial charge on any atom is -0.325 e. The fourth-order valence-electron chi connectivity index (χ4n) is 2.34. The van der Waals surface area contributed by atoms with E-state index in [2.05, 4.69) is 16.4 Å². The van der Waals surface area contributed by atoms with Gasteiger partial charge in [-0.1, -0.05) is 53.9 Å². The summed E-state index contributed by atoms with van der Waals surface area (Å²) in [5.74, 6) is 0.745. The molecule has 6 heteroatoms. The van der Waals surface area contributed by atoms with E-state index in [-0.39, 0.29) is 16.9 Å². The fraction of sp³-hybridized carbons (Fsp3) is 0.211. The molecule has 0 fully saturated rings. The van der Waals surface area contributed by atoms with Crippen molar-refractivity contribution in [3.8, 4) is 0 Å². The molecular formula is C19H18N2O2S2. The average Bonchev–Trinajstić information content (AvgIpc) is 2.61. The van der Waals surface area contributed by atoms with E-state index in [0.717, 1.165) is 15.8 Å². The number of nitrogens with one attached hydrogen (secondary N) is 1. The number of thioether (sulfide) groups is 2. The van der Waals surface area contributed by atoms with Gasteiger partial charge in [-0.05, 0) is 37.6 Å². The molecule has 0 bridgehead atoms. The van der Waals surface area contributed by atoms with Gasteiger partial charge in [-0.2, -0.15) is 0 Å². The number of carbonyl (C=O) groups is 2. The first-order valence-electron chi connectivity index (χ1n) is 7.91. The molecule has 1 amide bonds. The molecule has 1 atom stereocenters. The number of para-hydroxylation sites is 1. The Kier molecular flexibility index (Phi) is 5.60. The molecular weight excluding hydrogens is 352 g/mol. The number of carbonyl (C=O) groups excluding carboxylic acids is 2. The molecule has 2 aromatic carbocycles. The number of Topliss-reactive ketones (excluding diaryl/α,β-unsaturated/α-hetero) is 1. The number of benzene rings is 2. The number of hydrogen-bond donors (Lipinski definition) is 1. The van der Waals surface area contributed by atoms with Crippen LogP contribution in [0.3, 0.4) is 0 Å². The molecule has 4 nitrogen and oxygen atoms in total. The van der Waals surface area contributed by atoms with Crippen LogP contribution in [0.5, 0.6) is 0 Å². The molecule has 1 aliphatic rings. The first-order chi connectivity index (χ1) is 12.0. The van der Waals surface area contributed by atoms with Gasteiger partial charge >= 0.3 is 0 Å². The van der Waals surface area contributed by atoms with Crippen molar-refractivity contribution in [2.24, 2.45) is 4.99 Å². The van der Waals surface area contributed by atoms with Crippen LogP contribution in [0.2, 0.25) is 0 Å². The van der Waals surface area contributed by atoms with Crippen LogP contribution in [0.1, 0.15) is 29.8 Å². The molecule has 0 aromatic heterocycles. The highest BCUT2D eigenvalue weighted by molar-refractivity contribution is 8.39. The van der Waals surface area contributed by atoms with Gasteiger partial charge in [-0.25, -0.2) is 4.99 Å². The van der Waals surface area contributed by atoms with Gasteiger partial charge in [0.15, 0.2) is 5.78 Å². The molecule has 0 saturated heterocycles. The van der Waals surface area contributed by atoms with Crippen LogP contribution in [0.4, 0.5) is 11.4 Å². The normalized spacial score (nSPS) is 14.2. The first kappa shape index (κ1) is 17.8. The first-order valence-corrected chi connectivity index (χ1v) is 9.77. The molecule has 0 unspecified atom stereocenters. The molecule has 1 N–H and O–H groups in total. The molecule has 25 heavy (non-hydrogen) atoms. The Balaban J connectivity index is 1.65. The Morgan fingerprint density at radius 2 is 2.00 bits per heavy atom. The molecule has 0 spiro atoms. The summed E-state index contributed by atoms with van der Waals surface area (Å²) in [6.07, 6.45) is 0. The monoisotopic (exact) mass is 370 g/mol. The van der Waals surface area contributed by atoms with E-state index in [1.165, 1.54) is 24.2 Å². The van der Waals surface area contributed by atoms with E-state index in [4.69, 9.17) is 0 Å². The van der Waals surface area contributed by atoms with Crippen molar-refractivity contribution < 1.29 is 9.59 Å². The van der Waals surface area contributed by atoms with Gasteiger partial charge in [-0.15, -0.1) is 0 Å². The third-order valence-corrected chi connectivity index (χ3v) is 6.03. The maximum atomic E-state index is 12.4. The number of nitrogens with zero attached hydrogens (tertiary/aromatic N) is 1. The number of hydrogen-bond acceptors (Lipinski definition) is 5. The topological polar surface area (TPSA) is 58.5 Å². The quantitative estimate of drug-likeness (QED) is 0.779. The summed E-state index contributed by atoms with van der Waals surface area (Å²) in [6, 6.07) is 15.0. The highest BCUT2D eigenvalue weighted by Crippen LogP contribution is 2.35. The molecule has 3 rings (SSSR count). The molecule has 1 aliphatic heterocycles. The van der Waals surface area contributed by atoms with Crippen LogP contribution >= 0.6 is 23.5 Å².